The number of aliphatic hydroxyl groups excluding tert-OH is 1. The smallest absolute Gasteiger partial charge is 0.0582 e. The molecule has 0 bridgehead atoms. The van der Waals surface area contributed by atoms with Crippen LogP contribution in [-0.2, 0) is 0 Å². The summed E-state index contributed by atoms with van der Waals surface area (Å²) in [4.78, 5) is 0. The highest BCUT2D eigenvalue weighted by atomic mass is 32.2. The van der Waals surface area contributed by atoms with Crippen molar-refractivity contribution in [2.24, 2.45) is 0 Å². The minimum atomic E-state index is 0.244. The van der Waals surface area contributed by atoms with Gasteiger partial charge in [0, 0.05) is 17.3 Å². The molecule has 3 unspecified atom stereocenters. The fourth-order valence-corrected chi connectivity index (χ4v) is 2.58. The minimum absolute atomic E-state index is 0.244. The van der Waals surface area contributed by atoms with Crippen LogP contribution in [0.3, 0.4) is 0 Å². The number of hydrogen-bond acceptors (Lipinski definition) is 3. The third kappa shape index (κ3) is 2.65. The summed E-state index contributed by atoms with van der Waals surface area (Å²) < 4.78 is 0. The summed E-state index contributed by atoms with van der Waals surface area (Å²) in [6.07, 6.45) is 1.25. The van der Waals surface area contributed by atoms with Gasteiger partial charge in [-0.05, 0) is 19.1 Å². The van der Waals surface area contributed by atoms with Crippen LogP contribution in [0, 0.1) is 0 Å². The van der Waals surface area contributed by atoms with E-state index in [-0.39, 0.29) is 12.6 Å². The van der Waals surface area contributed by atoms with E-state index in [9.17, 15) is 0 Å². The SMILES string of the molecule is CC(CO)NC1CCSC1C. The van der Waals surface area contributed by atoms with E-state index >= 15 is 0 Å². The standard InChI is InChI=1S/C8H17NOS/c1-6(5-10)9-8-3-4-11-7(8)2/h6-10H,3-5H2,1-2H3. The number of nitrogens with one attached hydrogen (secondary N) is 1. The summed E-state index contributed by atoms with van der Waals surface area (Å²) in [6.45, 7) is 4.52. The molecule has 1 aliphatic heterocycles. The predicted octanol–water partition coefficient (Wildman–Crippen LogP) is 0.851. The molecule has 1 aliphatic rings. The summed E-state index contributed by atoms with van der Waals surface area (Å²) in [5, 5.41) is 12.9. The van der Waals surface area contributed by atoms with Crippen molar-refractivity contribution in [1.29, 1.82) is 0 Å². The van der Waals surface area contributed by atoms with Gasteiger partial charge in [-0.25, -0.2) is 0 Å². The van der Waals surface area contributed by atoms with Crippen molar-refractivity contribution in [3.63, 3.8) is 0 Å². The Hall–Kier alpha value is 0.270. The molecule has 66 valence electrons. The molecule has 0 aromatic heterocycles. The van der Waals surface area contributed by atoms with Crippen LogP contribution in [0.15, 0.2) is 0 Å². The van der Waals surface area contributed by atoms with E-state index in [2.05, 4.69) is 12.2 Å². The fourth-order valence-electron chi connectivity index (χ4n) is 1.37. The van der Waals surface area contributed by atoms with Crippen LogP contribution < -0.4 is 5.32 Å². The van der Waals surface area contributed by atoms with Crippen LogP contribution >= 0.6 is 11.8 Å². The Labute approximate surface area is 72.8 Å². The average Bonchev–Trinajstić information content (AvgIpc) is 2.37. The van der Waals surface area contributed by atoms with Gasteiger partial charge >= 0.3 is 0 Å². The highest BCUT2D eigenvalue weighted by molar-refractivity contribution is 8.00. The first-order chi connectivity index (χ1) is 5.24. The number of rotatable bonds is 3. The molecule has 3 atom stereocenters. The molecule has 2 nitrogen and oxygen atoms in total. The molecule has 0 radical (unpaired) electrons. The van der Waals surface area contributed by atoms with Crippen LogP contribution in [0.4, 0.5) is 0 Å². The van der Waals surface area contributed by atoms with Crippen molar-refractivity contribution in [3.05, 3.63) is 0 Å². The first-order valence-corrected chi connectivity index (χ1v) is 5.27. The largest absolute Gasteiger partial charge is 0.395 e. The quantitative estimate of drug-likeness (QED) is 0.667. The van der Waals surface area contributed by atoms with Crippen molar-refractivity contribution in [3.8, 4) is 0 Å². The maximum Gasteiger partial charge on any atom is 0.0582 e. The highest BCUT2D eigenvalue weighted by Crippen LogP contribution is 2.26. The molecular formula is C8H17NOS. The Morgan fingerprint density at radius 3 is 2.91 bits per heavy atom. The Kier molecular flexibility index (Phi) is 3.69. The molecule has 1 rings (SSSR count). The fraction of sp³-hybridized carbons (Fsp3) is 1.00. The van der Waals surface area contributed by atoms with Crippen LogP contribution in [0.25, 0.3) is 0 Å². The number of thioether (sulfide) groups is 1. The van der Waals surface area contributed by atoms with E-state index in [0.717, 1.165) is 0 Å². The van der Waals surface area contributed by atoms with Gasteiger partial charge in [-0.3, -0.25) is 0 Å². The minimum Gasteiger partial charge on any atom is -0.395 e. The number of hydrogen-bond donors (Lipinski definition) is 2. The molecule has 11 heavy (non-hydrogen) atoms. The first kappa shape index (κ1) is 9.36. The monoisotopic (exact) mass is 175 g/mol. The summed E-state index contributed by atoms with van der Waals surface area (Å²) in [6, 6.07) is 0.864. The van der Waals surface area contributed by atoms with E-state index in [1.807, 2.05) is 18.7 Å². The Morgan fingerprint density at radius 2 is 2.45 bits per heavy atom. The zero-order chi connectivity index (χ0) is 8.27. The van der Waals surface area contributed by atoms with Crippen molar-refractivity contribution in [2.45, 2.75) is 37.6 Å². The third-order valence-corrected chi connectivity index (χ3v) is 3.47. The van der Waals surface area contributed by atoms with Gasteiger partial charge < -0.3 is 10.4 Å². The van der Waals surface area contributed by atoms with E-state index in [1.54, 1.807) is 0 Å². The molecule has 1 heterocycles. The van der Waals surface area contributed by atoms with Gasteiger partial charge in [-0.2, -0.15) is 11.8 Å². The molecule has 3 heteroatoms. The summed E-state index contributed by atoms with van der Waals surface area (Å²) in [5.74, 6) is 1.26. The maximum absolute atomic E-state index is 8.81. The summed E-state index contributed by atoms with van der Waals surface area (Å²) >= 11 is 2.01. The molecule has 0 aliphatic carbocycles. The molecular weight excluding hydrogens is 158 g/mol. The van der Waals surface area contributed by atoms with E-state index < -0.39 is 0 Å². The van der Waals surface area contributed by atoms with Crippen molar-refractivity contribution < 1.29 is 5.11 Å². The lowest BCUT2D eigenvalue weighted by Gasteiger charge is -2.20. The van der Waals surface area contributed by atoms with Crippen LogP contribution in [-0.4, -0.2) is 34.8 Å². The first-order valence-electron chi connectivity index (χ1n) is 4.22. The molecule has 1 fully saturated rings. The molecule has 0 saturated carbocycles. The van der Waals surface area contributed by atoms with Gasteiger partial charge in [0.25, 0.3) is 0 Å². The van der Waals surface area contributed by atoms with Crippen molar-refractivity contribution in [1.82, 2.24) is 5.32 Å². The van der Waals surface area contributed by atoms with Gasteiger partial charge in [0.05, 0.1) is 6.61 Å². The second-order valence-corrected chi connectivity index (χ2v) is 4.71. The number of aliphatic hydroxyl groups is 1. The van der Waals surface area contributed by atoms with Crippen LogP contribution in [0.1, 0.15) is 20.3 Å². The molecule has 0 aromatic carbocycles. The molecule has 0 spiro atoms. The summed E-state index contributed by atoms with van der Waals surface area (Å²) in [5.41, 5.74) is 0. The molecule has 2 N–H and O–H groups in total. The van der Waals surface area contributed by atoms with Gasteiger partial charge in [0.1, 0.15) is 0 Å². The van der Waals surface area contributed by atoms with E-state index in [1.165, 1.54) is 12.2 Å². The molecule has 1 saturated heterocycles. The zero-order valence-electron chi connectivity index (χ0n) is 7.21. The van der Waals surface area contributed by atoms with Gasteiger partial charge in [-0.1, -0.05) is 6.92 Å². The van der Waals surface area contributed by atoms with Crippen LogP contribution in [0.5, 0.6) is 0 Å². The average molecular weight is 175 g/mol. The van der Waals surface area contributed by atoms with Crippen molar-refractivity contribution >= 4 is 11.8 Å². The van der Waals surface area contributed by atoms with E-state index in [4.69, 9.17) is 5.11 Å². The lowest BCUT2D eigenvalue weighted by Crippen LogP contribution is -2.41. The lowest BCUT2D eigenvalue weighted by molar-refractivity contribution is 0.240. The van der Waals surface area contributed by atoms with Gasteiger partial charge in [0.2, 0.25) is 0 Å². The van der Waals surface area contributed by atoms with Gasteiger partial charge in [0.15, 0.2) is 0 Å². The lowest BCUT2D eigenvalue weighted by atomic mass is 10.1. The molecule has 0 aromatic rings. The normalized spacial score (nSPS) is 34.1. The van der Waals surface area contributed by atoms with E-state index in [0.29, 0.717) is 11.3 Å². The van der Waals surface area contributed by atoms with Gasteiger partial charge in [-0.15, -0.1) is 0 Å². The zero-order valence-corrected chi connectivity index (χ0v) is 8.03. The second-order valence-electron chi connectivity index (χ2n) is 3.22. The Balaban J connectivity index is 2.24. The third-order valence-electron chi connectivity index (χ3n) is 2.15. The predicted molar refractivity (Wildman–Crippen MR) is 50.0 cm³/mol. The topological polar surface area (TPSA) is 32.3 Å². The maximum atomic E-state index is 8.81. The van der Waals surface area contributed by atoms with Crippen molar-refractivity contribution in [2.75, 3.05) is 12.4 Å². The summed E-state index contributed by atoms with van der Waals surface area (Å²) in [7, 11) is 0. The van der Waals surface area contributed by atoms with Crippen LogP contribution in [0.2, 0.25) is 0 Å². The Bertz CT molecular complexity index is 121. The second kappa shape index (κ2) is 4.33. The Morgan fingerprint density at radius 1 is 1.73 bits per heavy atom. The highest BCUT2D eigenvalue weighted by Gasteiger charge is 2.24. The molecule has 0 amide bonds.